The molecule has 0 saturated carbocycles. The number of benzene rings is 2. The van der Waals surface area contributed by atoms with Crippen LogP contribution < -0.4 is 15.2 Å². The zero-order valence-electron chi connectivity index (χ0n) is 11.9. The molecule has 2 aromatic carbocycles. The standard InChI is InChI=1S/C15H16N2O4S/c1-2-21-12-9-7-11(8-10-12)17-15(18)13-5-3-4-6-14(13)22(16,19)20/h3-10H,2H2,1H3,(H,17,18)(H2,16,19,20). The summed E-state index contributed by atoms with van der Waals surface area (Å²) in [6, 6.07) is 12.5. The number of rotatable bonds is 5. The first kappa shape index (κ1) is 16.0. The molecule has 0 unspecified atom stereocenters. The highest BCUT2D eigenvalue weighted by Crippen LogP contribution is 2.19. The highest BCUT2D eigenvalue weighted by molar-refractivity contribution is 7.89. The van der Waals surface area contributed by atoms with Crippen molar-refractivity contribution in [3.05, 3.63) is 54.1 Å². The van der Waals surface area contributed by atoms with Gasteiger partial charge in [0.25, 0.3) is 5.91 Å². The number of amides is 1. The minimum absolute atomic E-state index is 0.00103. The van der Waals surface area contributed by atoms with Gasteiger partial charge >= 0.3 is 0 Å². The zero-order valence-corrected chi connectivity index (χ0v) is 12.8. The number of nitrogens with one attached hydrogen (secondary N) is 1. The Morgan fingerprint density at radius 1 is 1.14 bits per heavy atom. The minimum atomic E-state index is -3.97. The molecule has 0 atom stereocenters. The van der Waals surface area contributed by atoms with Crippen LogP contribution in [-0.2, 0) is 10.0 Å². The molecule has 0 heterocycles. The summed E-state index contributed by atoms with van der Waals surface area (Å²) >= 11 is 0. The molecule has 0 aliphatic heterocycles. The fraction of sp³-hybridized carbons (Fsp3) is 0.133. The average Bonchev–Trinajstić information content (AvgIpc) is 2.48. The van der Waals surface area contributed by atoms with Gasteiger partial charge in [-0.25, -0.2) is 13.6 Å². The Labute approximate surface area is 129 Å². The molecule has 2 rings (SSSR count). The molecule has 0 spiro atoms. The van der Waals surface area contributed by atoms with Gasteiger partial charge in [-0.3, -0.25) is 4.79 Å². The van der Waals surface area contributed by atoms with Crippen molar-refractivity contribution in [1.82, 2.24) is 0 Å². The molecule has 0 radical (unpaired) electrons. The van der Waals surface area contributed by atoms with E-state index in [1.165, 1.54) is 18.2 Å². The van der Waals surface area contributed by atoms with Crippen molar-refractivity contribution in [2.24, 2.45) is 5.14 Å². The molecule has 1 amide bonds. The molecule has 0 aliphatic rings. The molecular weight excluding hydrogens is 304 g/mol. The lowest BCUT2D eigenvalue weighted by Gasteiger charge is -2.09. The topological polar surface area (TPSA) is 98.5 Å². The van der Waals surface area contributed by atoms with Crippen LogP contribution in [0.4, 0.5) is 5.69 Å². The summed E-state index contributed by atoms with van der Waals surface area (Å²) in [6.45, 7) is 2.42. The van der Waals surface area contributed by atoms with E-state index in [-0.39, 0.29) is 10.5 Å². The van der Waals surface area contributed by atoms with Gasteiger partial charge in [0, 0.05) is 5.69 Å². The normalized spacial score (nSPS) is 11.0. The lowest BCUT2D eigenvalue weighted by atomic mass is 10.2. The fourth-order valence-electron chi connectivity index (χ4n) is 1.90. The third kappa shape index (κ3) is 3.84. The van der Waals surface area contributed by atoms with E-state index in [4.69, 9.17) is 9.88 Å². The van der Waals surface area contributed by atoms with Gasteiger partial charge in [0.05, 0.1) is 17.1 Å². The van der Waals surface area contributed by atoms with Crippen LogP contribution in [0.3, 0.4) is 0 Å². The molecule has 2 aromatic rings. The first-order valence-electron chi connectivity index (χ1n) is 6.58. The summed E-state index contributed by atoms with van der Waals surface area (Å²) in [7, 11) is -3.97. The van der Waals surface area contributed by atoms with Crippen LogP contribution in [0.2, 0.25) is 0 Å². The van der Waals surface area contributed by atoms with Crippen molar-refractivity contribution in [3.8, 4) is 5.75 Å². The molecule has 116 valence electrons. The van der Waals surface area contributed by atoms with Crippen molar-refractivity contribution in [2.45, 2.75) is 11.8 Å². The summed E-state index contributed by atoms with van der Waals surface area (Å²) in [6.07, 6.45) is 0. The third-order valence-electron chi connectivity index (χ3n) is 2.86. The monoisotopic (exact) mass is 320 g/mol. The van der Waals surface area contributed by atoms with Crippen LogP contribution in [0.15, 0.2) is 53.4 Å². The van der Waals surface area contributed by atoms with Crippen LogP contribution >= 0.6 is 0 Å². The molecule has 0 bridgehead atoms. The maximum absolute atomic E-state index is 12.2. The van der Waals surface area contributed by atoms with Crippen LogP contribution in [0.5, 0.6) is 5.75 Å². The first-order valence-corrected chi connectivity index (χ1v) is 8.12. The highest BCUT2D eigenvalue weighted by atomic mass is 32.2. The SMILES string of the molecule is CCOc1ccc(NC(=O)c2ccccc2S(N)(=O)=O)cc1. The number of hydrogen-bond donors (Lipinski definition) is 2. The minimum Gasteiger partial charge on any atom is -0.494 e. The lowest BCUT2D eigenvalue weighted by Crippen LogP contribution is -2.20. The number of hydrogen-bond acceptors (Lipinski definition) is 4. The Kier molecular flexibility index (Phi) is 4.79. The van der Waals surface area contributed by atoms with E-state index in [9.17, 15) is 13.2 Å². The zero-order chi connectivity index (χ0) is 16.2. The van der Waals surface area contributed by atoms with Crippen molar-refractivity contribution in [2.75, 3.05) is 11.9 Å². The van der Waals surface area contributed by atoms with Crippen molar-refractivity contribution in [3.63, 3.8) is 0 Å². The number of ether oxygens (including phenoxy) is 1. The van der Waals surface area contributed by atoms with Gasteiger partial charge in [0.2, 0.25) is 10.0 Å². The maximum Gasteiger partial charge on any atom is 0.257 e. The Bertz CT molecular complexity index is 770. The summed E-state index contributed by atoms with van der Waals surface area (Å²) in [4.78, 5) is 12.0. The second-order valence-corrected chi connectivity index (χ2v) is 5.98. The summed E-state index contributed by atoms with van der Waals surface area (Å²) in [5.74, 6) is 0.138. The van der Waals surface area contributed by atoms with E-state index in [2.05, 4.69) is 5.32 Å². The average molecular weight is 320 g/mol. The van der Waals surface area contributed by atoms with E-state index in [1.54, 1.807) is 30.3 Å². The predicted molar refractivity (Wildman–Crippen MR) is 83.4 cm³/mol. The Hall–Kier alpha value is -2.38. The van der Waals surface area contributed by atoms with Crippen molar-refractivity contribution >= 4 is 21.6 Å². The molecular formula is C15H16N2O4S. The Morgan fingerprint density at radius 3 is 2.36 bits per heavy atom. The molecule has 0 fully saturated rings. The fourth-order valence-corrected chi connectivity index (χ4v) is 2.64. The molecule has 7 heteroatoms. The molecule has 22 heavy (non-hydrogen) atoms. The number of anilines is 1. The van der Waals surface area contributed by atoms with Crippen LogP contribution in [0, 0.1) is 0 Å². The second kappa shape index (κ2) is 6.59. The number of carbonyl (C=O) groups is 1. The largest absolute Gasteiger partial charge is 0.494 e. The van der Waals surface area contributed by atoms with Crippen molar-refractivity contribution < 1.29 is 17.9 Å². The van der Waals surface area contributed by atoms with Gasteiger partial charge < -0.3 is 10.1 Å². The molecule has 3 N–H and O–H groups in total. The number of carbonyl (C=O) groups excluding carboxylic acids is 1. The smallest absolute Gasteiger partial charge is 0.257 e. The van der Waals surface area contributed by atoms with Gasteiger partial charge in [-0.2, -0.15) is 0 Å². The number of primary sulfonamides is 1. The van der Waals surface area contributed by atoms with E-state index in [0.717, 1.165) is 0 Å². The predicted octanol–water partition coefficient (Wildman–Crippen LogP) is 1.99. The van der Waals surface area contributed by atoms with Crippen LogP contribution in [0.1, 0.15) is 17.3 Å². The molecule has 0 aliphatic carbocycles. The van der Waals surface area contributed by atoms with Crippen molar-refractivity contribution in [1.29, 1.82) is 0 Å². The number of nitrogens with two attached hydrogens (primary N) is 1. The lowest BCUT2D eigenvalue weighted by molar-refractivity contribution is 0.102. The molecule has 6 nitrogen and oxygen atoms in total. The van der Waals surface area contributed by atoms with Crippen LogP contribution in [0.25, 0.3) is 0 Å². The van der Waals surface area contributed by atoms with E-state index in [0.29, 0.717) is 18.0 Å². The highest BCUT2D eigenvalue weighted by Gasteiger charge is 2.18. The first-order chi connectivity index (χ1) is 10.4. The molecule has 0 aromatic heterocycles. The van der Waals surface area contributed by atoms with Gasteiger partial charge in [-0.15, -0.1) is 0 Å². The van der Waals surface area contributed by atoms with Gasteiger partial charge in [-0.05, 0) is 43.3 Å². The van der Waals surface area contributed by atoms with E-state index in [1.807, 2.05) is 6.92 Å². The van der Waals surface area contributed by atoms with Gasteiger partial charge in [0.15, 0.2) is 0 Å². The second-order valence-electron chi connectivity index (χ2n) is 4.45. The molecule has 0 saturated heterocycles. The van der Waals surface area contributed by atoms with Gasteiger partial charge in [0.1, 0.15) is 5.75 Å². The van der Waals surface area contributed by atoms with Gasteiger partial charge in [-0.1, -0.05) is 12.1 Å². The van der Waals surface area contributed by atoms with Crippen LogP contribution in [-0.4, -0.2) is 20.9 Å². The summed E-state index contributed by atoms with van der Waals surface area (Å²) < 4.78 is 28.3. The Morgan fingerprint density at radius 2 is 1.77 bits per heavy atom. The van der Waals surface area contributed by atoms with E-state index < -0.39 is 15.9 Å². The Balaban J connectivity index is 2.23. The van der Waals surface area contributed by atoms with E-state index >= 15 is 0 Å². The maximum atomic E-state index is 12.2. The quantitative estimate of drug-likeness (QED) is 0.880. The third-order valence-corrected chi connectivity index (χ3v) is 3.83. The summed E-state index contributed by atoms with van der Waals surface area (Å²) in [5.41, 5.74) is 0.525. The number of sulfonamides is 1. The summed E-state index contributed by atoms with van der Waals surface area (Å²) in [5, 5.41) is 7.74.